The van der Waals surface area contributed by atoms with E-state index in [2.05, 4.69) is 13.8 Å². The van der Waals surface area contributed by atoms with Crippen molar-refractivity contribution in [1.82, 2.24) is 0 Å². The average Bonchev–Trinajstić information content (AvgIpc) is 2.21. The maximum absolute atomic E-state index is 11.6. The van der Waals surface area contributed by atoms with E-state index in [1.165, 1.54) is 18.4 Å². The summed E-state index contributed by atoms with van der Waals surface area (Å²) in [7, 11) is 0. The highest BCUT2D eigenvalue weighted by molar-refractivity contribution is 5.88. The Morgan fingerprint density at radius 1 is 1.40 bits per heavy atom. The fourth-order valence-corrected chi connectivity index (χ4v) is 2.28. The number of allylic oxidation sites excluding steroid dienone is 1. The van der Waals surface area contributed by atoms with E-state index in [0.717, 1.165) is 12.0 Å². The fraction of sp³-hybridized carbons (Fsp3) is 0.769. The van der Waals surface area contributed by atoms with Crippen molar-refractivity contribution in [1.29, 1.82) is 0 Å². The summed E-state index contributed by atoms with van der Waals surface area (Å²) in [5.41, 5.74) is 2.16. The van der Waals surface area contributed by atoms with E-state index in [1.807, 2.05) is 13.8 Å². The van der Waals surface area contributed by atoms with Gasteiger partial charge < -0.3 is 4.74 Å². The Morgan fingerprint density at radius 3 is 2.67 bits per heavy atom. The molecule has 2 unspecified atom stereocenters. The SMILES string of the molecule is CCOC(=O)C(C)=C1CC(C)CCC1C. The highest BCUT2D eigenvalue weighted by atomic mass is 16.5. The summed E-state index contributed by atoms with van der Waals surface area (Å²) in [4.78, 5) is 11.6. The van der Waals surface area contributed by atoms with Crippen molar-refractivity contribution in [3.63, 3.8) is 0 Å². The molecule has 0 radical (unpaired) electrons. The van der Waals surface area contributed by atoms with Crippen molar-refractivity contribution in [2.45, 2.75) is 47.0 Å². The minimum absolute atomic E-state index is 0.131. The average molecular weight is 210 g/mol. The van der Waals surface area contributed by atoms with Crippen LogP contribution in [-0.2, 0) is 9.53 Å². The van der Waals surface area contributed by atoms with Crippen LogP contribution in [0.15, 0.2) is 11.1 Å². The van der Waals surface area contributed by atoms with Gasteiger partial charge in [-0.15, -0.1) is 0 Å². The lowest BCUT2D eigenvalue weighted by molar-refractivity contribution is -0.138. The third-order valence-corrected chi connectivity index (χ3v) is 3.32. The van der Waals surface area contributed by atoms with Gasteiger partial charge in [-0.05, 0) is 44.9 Å². The zero-order chi connectivity index (χ0) is 11.4. The van der Waals surface area contributed by atoms with Gasteiger partial charge in [-0.2, -0.15) is 0 Å². The third-order valence-electron chi connectivity index (χ3n) is 3.32. The van der Waals surface area contributed by atoms with Gasteiger partial charge in [-0.25, -0.2) is 4.79 Å². The molecule has 1 saturated carbocycles. The van der Waals surface area contributed by atoms with E-state index in [4.69, 9.17) is 4.74 Å². The number of ether oxygens (including phenoxy) is 1. The molecule has 0 aliphatic heterocycles. The van der Waals surface area contributed by atoms with Gasteiger partial charge in [0, 0.05) is 5.57 Å². The first-order valence-electron chi connectivity index (χ1n) is 5.93. The fourth-order valence-electron chi connectivity index (χ4n) is 2.28. The summed E-state index contributed by atoms with van der Waals surface area (Å²) >= 11 is 0. The smallest absolute Gasteiger partial charge is 0.333 e. The van der Waals surface area contributed by atoms with Crippen LogP contribution in [0.4, 0.5) is 0 Å². The van der Waals surface area contributed by atoms with Crippen molar-refractivity contribution in [3.8, 4) is 0 Å². The molecule has 1 fully saturated rings. The Morgan fingerprint density at radius 2 is 2.07 bits per heavy atom. The lowest BCUT2D eigenvalue weighted by Crippen LogP contribution is -2.18. The molecule has 0 saturated heterocycles. The number of hydrogen-bond acceptors (Lipinski definition) is 2. The first kappa shape index (κ1) is 12.3. The van der Waals surface area contributed by atoms with Crippen LogP contribution in [0.2, 0.25) is 0 Å². The molecule has 15 heavy (non-hydrogen) atoms. The van der Waals surface area contributed by atoms with E-state index in [-0.39, 0.29) is 5.97 Å². The first-order valence-corrected chi connectivity index (χ1v) is 5.93. The van der Waals surface area contributed by atoms with Crippen LogP contribution in [0.1, 0.15) is 47.0 Å². The van der Waals surface area contributed by atoms with Crippen LogP contribution in [0.5, 0.6) is 0 Å². The molecule has 0 amide bonds. The summed E-state index contributed by atoms with van der Waals surface area (Å²) in [5.74, 6) is 1.12. The maximum Gasteiger partial charge on any atom is 0.333 e. The van der Waals surface area contributed by atoms with Crippen molar-refractivity contribution >= 4 is 5.97 Å². The van der Waals surface area contributed by atoms with Crippen LogP contribution in [0, 0.1) is 11.8 Å². The van der Waals surface area contributed by atoms with E-state index in [1.54, 1.807) is 0 Å². The second kappa shape index (κ2) is 5.34. The molecule has 1 aliphatic rings. The molecule has 0 aromatic rings. The van der Waals surface area contributed by atoms with Gasteiger partial charge in [0.25, 0.3) is 0 Å². The van der Waals surface area contributed by atoms with Crippen LogP contribution >= 0.6 is 0 Å². The molecule has 1 rings (SSSR count). The minimum atomic E-state index is -0.131. The summed E-state index contributed by atoms with van der Waals surface area (Å²) in [6, 6.07) is 0. The standard InChI is InChI=1S/C13H22O2/c1-5-15-13(14)11(4)12-8-9(2)6-7-10(12)3/h9-10H,5-8H2,1-4H3. The molecule has 0 heterocycles. The van der Waals surface area contributed by atoms with Crippen molar-refractivity contribution < 1.29 is 9.53 Å². The quantitative estimate of drug-likeness (QED) is 0.516. The Labute approximate surface area is 92.7 Å². The molecule has 86 valence electrons. The van der Waals surface area contributed by atoms with Gasteiger partial charge >= 0.3 is 5.97 Å². The third kappa shape index (κ3) is 3.08. The minimum Gasteiger partial charge on any atom is -0.463 e. The van der Waals surface area contributed by atoms with E-state index in [0.29, 0.717) is 18.4 Å². The van der Waals surface area contributed by atoms with Gasteiger partial charge in [0.2, 0.25) is 0 Å². The summed E-state index contributed by atoms with van der Waals surface area (Å²) in [5, 5.41) is 0. The van der Waals surface area contributed by atoms with E-state index in [9.17, 15) is 4.79 Å². The molecule has 2 atom stereocenters. The lowest BCUT2D eigenvalue weighted by Gasteiger charge is -2.28. The molecular formula is C13H22O2. The number of rotatable bonds is 2. The van der Waals surface area contributed by atoms with Gasteiger partial charge in [-0.3, -0.25) is 0 Å². The van der Waals surface area contributed by atoms with Crippen LogP contribution < -0.4 is 0 Å². The van der Waals surface area contributed by atoms with Gasteiger partial charge in [0.15, 0.2) is 0 Å². The zero-order valence-electron chi connectivity index (χ0n) is 10.3. The predicted octanol–water partition coefficient (Wildman–Crippen LogP) is 3.32. The van der Waals surface area contributed by atoms with Gasteiger partial charge in [0.1, 0.15) is 0 Å². The van der Waals surface area contributed by atoms with Crippen molar-refractivity contribution in [2.24, 2.45) is 11.8 Å². The molecular weight excluding hydrogens is 188 g/mol. The van der Waals surface area contributed by atoms with Crippen LogP contribution in [-0.4, -0.2) is 12.6 Å². The van der Waals surface area contributed by atoms with Crippen molar-refractivity contribution in [2.75, 3.05) is 6.61 Å². The number of hydrogen-bond donors (Lipinski definition) is 0. The topological polar surface area (TPSA) is 26.3 Å². The number of carbonyl (C=O) groups is 1. The second-order valence-corrected chi connectivity index (χ2v) is 4.66. The molecule has 0 aromatic carbocycles. The highest BCUT2D eigenvalue weighted by Crippen LogP contribution is 2.34. The summed E-state index contributed by atoms with van der Waals surface area (Å²) < 4.78 is 5.04. The largest absolute Gasteiger partial charge is 0.463 e. The van der Waals surface area contributed by atoms with E-state index >= 15 is 0 Å². The molecule has 2 nitrogen and oxygen atoms in total. The normalized spacial score (nSPS) is 29.9. The molecule has 1 aliphatic carbocycles. The highest BCUT2D eigenvalue weighted by Gasteiger charge is 2.23. The zero-order valence-corrected chi connectivity index (χ0v) is 10.3. The molecule has 0 N–H and O–H groups in total. The number of carbonyl (C=O) groups excluding carboxylic acids is 1. The monoisotopic (exact) mass is 210 g/mol. The van der Waals surface area contributed by atoms with Gasteiger partial charge in [0.05, 0.1) is 6.61 Å². The molecule has 0 aromatic heterocycles. The Kier molecular flexibility index (Phi) is 4.37. The van der Waals surface area contributed by atoms with Crippen LogP contribution in [0.3, 0.4) is 0 Å². The van der Waals surface area contributed by atoms with Gasteiger partial charge in [-0.1, -0.05) is 19.4 Å². The predicted molar refractivity (Wildman–Crippen MR) is 61.5 cm³/mol. The van der Waals surface area contributed by atoms with E-state index < -0.39 is 0 Å². The van der Waals surface area contributed by atoms with Crippen LogP contribution in [0.25, 0.3) is 0 Å². The summed E-state index contributed by atoms with van der Waals surface area (Å²) in [6.07, 6.45) is 3.54. The Balaban J connectivity index is 2.80. The van der Waals surface area contributed by atoms with Crippen molar-refractivity contribution in [3.05, 3.63) is 11.1 Å². The first-order chi connectivity index (χ1) is 7.06. The number of esters is 1. The Bertz CT molecular complexity index is 266. The maximum atomic E-state index is 11.6. The molecule has 0 bridgehead atoms. The summed E-state index contributed by atoms with van der Waals surface area (Å²) in [6.45, 7) is 8.69. The molecule has 0 spiro atoms. The Hall–Kier alpha value is -0.790. The lowest BCUT2D eigenvalue weighted by atomic mass is 9.78. The second-order valence-electron chi connectivity index (χ2n) is 4.66. The molecule has 2 heteroatoms.